The zero-order valence-corrected chi connectivity index (χ0v) is 12.8. The van der Waals surface area contributed by atoms with Crippen LogP contribution in [-0.4, -0.2) is 37.1 Å². The molecule has 0 aliphatic heterocycles. The number of benzene rings is 1. The Labute approximate surface area is 134 Å². The molecule has 0 heterocycles. The van der Waals surface area contributed by atoms with Gasteiger partial charge < -0.3 is 19.6 Å². The second-order valence-corrected chi connectivity index (χ2v) is 5.48. The highest BCUT2D eigenvalue weighted by Crippen LogP contribution is 2.35. The fraction of sp³-hybridized carbons (Fsp3) is 0.412. The molecular formula is C17H19NO5. The average Bonchev–Trinajstić information content (AvgIpc) is 2.93. The van der Waals surface area contributed by atoms with E-state index in [4.69, 9.17) is 4.74 Å². The highest BCUT2D eigenvalue weighted by molar-refractivity contribution is 5.95. The topological polar surface area (TPSA) is 89.5 Å². The Kier molecular flexibility index (Phi) is 5.62. The van der Waals surface area contributed by atoms with E-state index in [2.05, 4.69) is 5.32 Å². The SMILES string of the molecule is CCOC(=O)[C@@H]1[C@H](NC(=O)c2ccccc2)[C@H](C=O)C[C@@H]1C=O. The fourth-order valence-corrected chi connectivity index (χ4v) is 3.00. The van der Waals surface area contributed by atoms with Gasteiger partial charge in [-0.2, -0.15) is 0 Å². The van der Waals surface area contributed by atoms with Gasteiger partial charge in [0.2, 0.25) is 0 Å². The number of amides is 1. The van der Waals surface area contributed by atoms with Crippen molar-refractivity contribution in [1.82, 2.24) is 5.32 Å². The molecule has 0 saturated heterocycles. The van der Waals surface area contributed by atoms with Gasteiger partial charge in [-0.15, -0.1) is 0 Å². The van der Waals surface area contributed by atoms with E-state index in [1.807, 2.05) is 0 Å². The summed E-state index contributed by atoms with van der Waals surface area (Å²) in [5.41, 5.74) is 0.425. The Morgan fingerprint density at radius 2 is 1.83 bits per heavy atom. The van der Waals surface area contributed by atoms with Gasteiger partial charge in [0.25, 0.3) is 5.91 Å². The molecule has 0 radical (unpaired) electrons. The molecule has 1 fully saturated rings. The summed E-state index contributed by atoms with van der Waals surface area (Å²) in [7, 11) is 0. The molecule has 1 N–H and O–H groups in total. The number of carbonyl (C=O) groups excluding carboxylic acids is 4. The largest absolute Gasteiger partial charge is 0.466 e. The summed E-state index contributed by atoms with van der Waals surface area (Å²) in [5.74, 6) is -3.01. The summed E-state index contributed by atoms with van der Waals surface area (Å²) in [5, 5.41) is 2.72. The van der Waals surface area contributed by atoms with Crippen molar-refractivity contribution in [2.24, 2.45) is 17.8 Å². The molecule has 2 rings (SSSR count). The lowest BCUT2D eigenvalue weighted by Crippen LogP contribution is -2.46. The number of esters is 1. The van der Waals surface area contributed by atoms with Crippen molar-refractivity contribution in [2.45, 2.75) is 19.4 Å². The van der Waals surface area contributed by atoms with E-state index in [0.717, 1.165) is 0 Å². The predicted molar refractivity (Wildman–Crippen MR) is 81.5 cm³/mol. The molecule has 0 spiro atoms. The number of ether oxygens (including phenoxy) is 1. The normalized spacial score (nSPS) is 26.3. The van der Waals surface area contributed by atoms with E-state index in [0.29, 0.717) is 18.1 Å². The number of hydrogen-bond donors (Lipinski definition) is 1. The Hall–Kier alpha value is -2.50. The Bertz CT molecular complexity index is 586. The molecule has 1 aromatic rings. The Balaban J connectivity index is 2.23. The Morgan fingerprint density at radius 1 is 1.17 bits per heavy atom. The van der Waals surface area contributed by atoms with Crippen molar-refractivity contribution >= 4 is 24.4 Å². The molecule has 1 aromatic carbocycles. The monoisotopic (exact) mass is 317 g/mol. The molecule has 0 unspecified atom stereocenters. The highest BCUT2D eigenvalue weighted by atomic mass is 16.5. The van der Waals surface area contributed by atoms with Gasteiger partial charge in [-0.1, -0.05) is 18.2 Å². The van der Waals surface area contributed by atoms with Crippen molar-refractivity contribution in [3.05, 3.63) is 35.9 Å². The number of rotatable bonds is 6. The minimum Gasteiger partial charge on any atom is -0.466 e. The maximum absolute atomic E-state index is 12.3. The summed E-state index contributed by atoms with van der Waals surface area (Å²) in [6.45, 7) is 1.84. The van der Waals surface area contributed by atoms with E-state index >= 15 is 0 Å². The first-order chi connectivity index (χ1) is 11.1. The molecule has 0 aromatic heterocycles. The maximum Gasteiger partial charge on any atom is 0.311 e. The van der Waals surface area contributed by atoms with Crippen LogP contribution in [0.1, 0.15) is 23.7 Å². The minimum atomic E-state index is -0.838. The van der Waals surface area contributed by atoms with Crippen LogP contribution in [0, 0.1) is 17.8 Å². The zero-order chi connectivity index (χ0) is 16.8. The van der Waals surface area contributed by atoms with Crippen LogP contribution in [-0.2, 0) is 19.1 Å². The second kappa shape index (κ2) is 7.67. The third-order valence-electron chi connectivity index (χ3n) is 4.10. The molecule has 122 valence electrons. The lowest BCUT2D eigenvalue weighted by molar-refractivity contribution is -0.151. The van der Waals surface area contributed by atoms with Crippen molar-refractivity contribution in [3.8, 4) is 0 Å². The van der Waals surface area contributed by atoms with Crippen LogP contribution in [0.25, 0.3) is 0 Å². The zero-order valence-electron chi connectivity index (χ0n) is 12.8. The van der Waals surface area contributed by atoms with Gasteiger partial charge in [-0.05, 0) is 25.5 Å². The molecule has 6 heteroatoms. The summed E-state index contributed by atoms with van der Waals surface area (Å²) >= 11 is 0. The van der Waals surface area contributed by atoms with E-state index in [1.165, 1.54) is 0 Å². The summed E-state index contributed by atoms with van der Waals surface area (Å²) in [6, 6.07) is 7.75. The number of nitrogens with one attached hydrogen (secondary N) is 1. The summed E-state index contributed by atoms with van der Waals surface area (Å²) in [4.78, 5) is 47.0. The number of aldehydes is 2. The van der Waals surface area contributed by atoms with Crippen LogP contribution in [0.4, 0.5) is 0 Å². The minimum absolute atomic E-state index is 0.173. The highest BCUT2D eigenvalue weighted by Gasteiger charge is 2.48. The van der Waals surface area contributed by atoms with Gasteiger partial charge in [0.05, 0.1) is 18.6 Å². The van der Waals surface area contributed by atoms with Crippen molar-refractivity contribution in [2.75, 3.05) is 6.61 Å². The molecule has 4 atom stereocenters. The third-order valence-corrected chi connectivity index (χ3v) is 4.10. The predicted octanol–water partition coefficient (Wildman–Crippen LogP) is 0.998. The second-order valence-electron chi connectivity index (χ2n) is 5.48. The van der Waals surface area contributed by atoms with Gasteiger partial charge in [0.15, 0.2) is 0 Å². The van der Waals surface area contributed by atoms with E-state index in [-0.39, 0.29) is 18.9 Å². The number of carbonyl (C=O) groups is 4. The third kappa shape index (κ3) is 3.64. The van der Waals surface area contributed by atoms with E-state index in [1.54, 1.807) is 37.3 Å². The quantitative estimate of drug-likeness (QED) is 0.624. The molecular weight excluding hydrogens is 298 g/mol. The Morgan fingerprint density at radius 3 is 2.39 bits per heavy atom. The summed E-state index contributed by atoms with van der Waals surface area (Å²) < 4.78 is 5.00. The van der Waals surface area contributed by atoms with Crippen LogP contribution in [0.5, 0.6) is 0 Å². The van der Waals surface area contributed by atoms with Gasteiger partial charge in [-0.3, -0.25) is 9.59 Å². The van der Waals surface area contributed by atoms with E-state index in [9.17, 15) is 19.2 Å². The molecule has 1 amide bonds. The molecule has 23 heavy (non-hydrogen) atoms. The molecule has 1 aliphatic rings. The average molecular weight is 317 g/mol. The van der Waals surface area contributed by atoms with Crippen molar-refractivity contribution < 1.29 is 23.9 Å². The van der Waals surface area contributed by atoms with Crippen LogP contribution in [0.15, 0.2) is 30.3 Å². The van der Waals surface area contributed by atoms with Crippen LogP contribution in [0.2, 0.25) is 0 Å². The first-order valence-corrected chi connectivity index (χ1v) is 7.55. The van der Waals surface area contributed by atoms with Crippen molar-refractivity contribution in [3.63, 3.8) is 0 Å². The van der Waals surface area contributed by atoms with Crippen LogP contribution < -0.4 is 5.32 Å². The smallest absolute Gasteiger partial charge is 0.311 e. The van der Waals surface area contributed by atoms with Gasteiger partial charge in [0, 0.05) is 17.4 Å². The molecule has 1 aliphatic carbocycles. The molecule has 0 bridgehead atoms. The molecule has 6 nitrogen and oxygen atoms in total. The van der Waals surface area contributed by atoms with Crippen LogP contribution >= 0.6 is 0 Å². The summed E-state index contributed by atoms with van der Waals surface area (Å²) in [6.07, 6.45) is 1.58. The fourth-order valence-electron chi connectivity index (χ4n) is 3.00. The number of hydrogen-bond acceptors (Lipinski definition) is 5. The lowest BCUT2D eigenvalue weighted by atomic mass is 9.93. The van der Waals surface area contributed by atoms with Crippen LogP contribution in [0.3, 0.4) is 0 Å². The first-order valence-electron chi connectivity index (χ1n) is 7.55. The van der Waals surface area contributed by atoms with Crippen molar-refractivity contribution in [1.29, 1.82) is 0 Å². The molecule has 1 saturated carbocycles. The van der Waals surface area contributed by atoms with Gasteiger partial charge in [0.1, 0.15) is 12.6 Å². The van der Waals surface area contributed by atoms with Gasteiger partial charge >= 0.3 is 5.97 Å². The first kappa shape index (κ1) is 16.9. The van der Waals surface area contributed by atoms with E-state index < -0.39 is 29.8 Å². The maximum atomic E-state index is 12.3. The standard InChI is InChI=1S/C17H19NO5/c1-2-23-17(22)14-12(9-19)8-13(10-20)15(14)18-16(21)11-6-4-3-5-7-11/h3-7,9-10,12-15H,2,8H2,1H3,(H,18,21)/t12-,13+,14+,15-/m1/s1. The van der Waals surface area contributed by atoms with Gasteiger partial charge in [-0.25, -0.2) is 0 Å². The lowest BCUT2D eigenvalue weighted by Gasteiger charge is -2.23.